The molecule has 1 amide bonds. The number of morpholine rings is 1. The number of hydrogen-bond acceptors (Lipinski definition) is 6. The Balaban J connectivity index is 2.06. The van der Waals surface area contributed by atoms with E-state index < -0.39 is 29.1 Å². The lowest BCUT2D eigenvalue weighted by Gasteiger charge is -2.31. The predicted molar refractivity (Wildman–Crippen MR) is 69.7 cm³/mol. The van der Waals surface area contributed by atoms with Crippen LogP contribution in [0.1, 0.15) is 0 Å². The van der Waals surface area contributed by atoms with Crippen LogP contribution in [0.15, 0.2) is 21.7 Å². The molecule has 1 unspecified atom stereocenters. The van der Waals surface area contributed by atoms with Crippen LogP contribution in [0.2, 0.25) is 0 Å². The van der Waals surface area contributed by atoms with Crippen LogP contribution in [0.25, 0.3) is 0 Å². The van der Waals surface area contributed by atoms with Crippen LogP contribution in [-0.4, -0.2) is 59.5 Å². The number of ether oxygens (including phenoxy) is 2. The molecule has 1 saturated heterocycles. The van der Waals surface area contributed by atoms with Crippen LogP contribution in [0.5, 0.6) is 0 Å². The Kier molecular flexibility index (Phi) is 4.53. The fraction of sp³-hybridized carbons (Fsp3) is 0.500. The molecule has 0 aliphatic carbocycles. The third-order valence-electron chi connectivity index (χ3n) is 3.07. The molecule has 0 saturated carbocycles. The summed E-state index contributed by atoms with van der Waals surface area (Å²) in [6.07, 6.45) is -0.834. The largest absolute Gasteiger partial charge is 0.467 e. The number of rotatable bonds is 3. The van der Waals surface area contributed by atoms with E-state index in [0.29, 0.717) is 6.54 Å². The molecule has 2 heterocycles. The summed E-state index contributed by atoms with van der Waals surface area (Å²) in [6, 6.07) is 2.17. The molecule has 1 aromatic heterocycles. The summed E-state index contributed by atoms with van der Waals surface area (Å²) in [5.41, 5.74) is -0.961. The number of aromatic nitrogens is 2. The van der Waals surface area contributed by atoms with Gasteiger partial charge in [0.1, 0.15) is 6.54 Å². The van der Waals surface area contributed by atoms with E-state index in [0.717, 1.165) is 16.8 Å². The summed E-state index contributed by atoms with van der Waals surface area (Å²) in [4.78, 5) is 47.6. The van der Waals surface area contributed by atoms with E-state index in [-0.39, 0.29) is 19.7 Å². The molecule has 9 nitrogen and oxygen atoms in total. The molecule has 21 heavy (non-hydrogen) atoms. The van der Waals surface area contributed by atoms with Crippen LogP contribution in [-0.2, 0) is 25.6 Å². The molecule has 0 bridgehead atoms. The summed E-state index contributed by atoms with van der Waals surface area (Å²) in [5.74, 6) is -0.950. The SMILES string of the molecule is COC(=O)C1CN(C(=O)Cn2[nH]c(=O)ccc2=O)CCO1. The number of carbonyl (C=O) groups excluding carboxylic acids is 2. The zero-order valence-corrected chi connectivity index (χ0v) is 11.4. The van der Waals surface area contributed by atoms with Gasteiger partial charge in [-0.05, 0) is 0 Å². The average Bonchev–Trinajstić information content (AvgIpc) is 2.50. The normalized spacial score (nSPS) is 18.3. The maximum Gasteiger partial charge on any atom is 0.336 e. The van der Waals surface area contributed by atoms with Gasteiger partial charge in [-0.1, -0.05) is 0 Å². The first-order valence-electron chi connectivity index (χ1n) is 6.28. The Morgan fingerprint density at radius 3 is 2.90 bits per heavy atom. The first-order chi connectivity index (χ1) is 10.0. The predicted octanol–water partition coefficient (Wildman–Crippen LogP) is -2.06. The van der Waals surface area contributed by atoms with Gasteiger partial charge in [0.05, 0.1) is 20.3 Å². The minimum absolute atomic E-state index is 0.0529. The highest BCUT2D eigenvalue weighted by Gasteiger charge is 2.30. The number of aromatic amines is 1. The van der Waals surface area contributed by atoms with Crippen molar-refractivity contribution in [2.75, 3.05) is 26.8 Å². The number of carbonyl (C=O) groups is 2. The van der Waals surface area contributed by atoms with Crippen LogP contribution in [0.4, 0.5) is 0 Å². The first kappa shape index (κ1) is 15.0. The van der Waals surface area contributed by atoms with E-state index in [9.17, 15) is 19.2 Å². The Hall–Kier alpha value is -2.42. The number of H-pyrrole nitrogens is 1. The lowest BCUT2D eigenvalue weighted by atomic mass is 10.2. The van der Waals surface area contributed by atoms with Gasteiger partial charge in [-0.2, -0.15) is 0 Å². The molecule has 1 aromatic rings. The number of methoxy groups -OCH3 is 1. The molecule has 1 aliphatic rings. The van der Waals surface area contributed by atoms with Crippen molar-refractivity contribution in [3.05, 3.63) is 32.8 Å². The van der Waals surface area contributed by atoms with Crippen LogP contribution < -0.4 is 11.1 Å². The number of nitrogens with zero attached hydrogens (tertiary/aromatic N) is 2. The Morgan fingerprint density at radius 2 is 2.19 bits per heavy atom. The molecule has 114 valence electrons. The fourth-order valence-electron chi connectivity index (χ4n) is 1.96. The molecule has 0 spiro atoms. The smallest absolute Gasteiger partial charge is 0.336 e. The van der Waals surface area contributed by atoms with Gasteiger partial charge in [-0.15, -0.1) is 0 Å². The van der Waals surface area contributed by atoms with Crippen molar-refractivity contribution >= 4 is 11.9 Å². The molecule has 0 aromatic carbocycles. The molecule has 1 aliphatic heterocycles. The summed E-state index contributed by atoms with van der Waals surface area (Å²) < 4.78 is 10.7. The molecule has 1 fully saturated rings. The van der Waals surface area contributed by atoms with Crippen molar-refractivity contribution in [2.24, 2.45) is 0 Å². The van der Waals surface area contributed by atoms with E-state index in [4.69, 9.17) is 4.74 Å². The van der Waals surface area contributed by atoms with Gasteiger partial charge < -0.3 is 14.4 Å². The van der Waals surface area contributed by atoms with Crippen molar-refractivity contribution in [1.82, 2.24) is 14.7 Å². The summed E-state index contributed by atoms with van der Waals surface area (Å²) in [6.45, 7) is 0.254. The average molecular weight is 297 g/mol. The Morgan fingerprint density at radius 1 is 1.43 bits per heavy atom. The second-order valence-corrected chi connectivity index (χ2v) is 4.46. The molecule has 1 N–H and O–H groups in total. The van der Waals surface area contributed by atoms with Crippen molar-refractivity contribution in [1.29, 1.82) is 0 Å². The summed E-state index contributed by atoms with van der Waals surface area (Å²) >= 11 is 0. The van der Waals surface area contributed by atoms with Crippen molar-refractivity contribution in [3.63, 3.8) is 0 Å². The third-order valence-corrected chi connectivity index (χ3v) is 3.07. The van der Waals surface area contributed by atoms with Crippen LogP contribution in [0.3, 0.4) is 0 Å². The quantitative estimate of drug-likeness (QED) is 0.642. The van der Waals surface area contributed by atoms with Crippen molar-refractivity contribution in [3.8, 4) is 0 Å². The van der Waals surface area contributed by atoms with E-state index in [2.05, 4.69) is 9.84 Å². The lowest BCUT2D eigenvalue weighted by molar-refractivity contribution is -0.162. The standard InChI is InChI=1S/C12H15N3O6/c1-20-12(19)8-6-14(4-5-21-8)11(18)7-15-10(17)3-2-9(16)13-15/h2-3,8H,4-7H2,1H3,(H,13,16). The van der Waals surface area contributed by atoms with Crippen LogP contribution >= 0.6 is 0 Å². The van der Waals surface area contributed by atoms with E-state index in [1.165, 1.54) is 12.0 Å². The van der Waals surface area contributed by atoms with Gasteiger partial charge in [0.25, 0.3) is 11.1 Å². The first-order valence-corrected chi connectivity index (χ1v) is 6.28. The molecular weight excluding hydrogens is 282 g/mol. The highest BCUT2D eigenvalue weighted by atomic mass is 16.6. The highest BCUT2D eigenvalue weighted by molar-refractivity contribution is 5.79. The minimum atomic E-state index is -0.834. The second-order valence-electron chi connectivity index (χ2n) is 4.46. The van der Waals surface area contributed by atoms with Gasteiger partial charge in [-0.25, -0.2) is 9.48 Å². The monoisotopic (exact) mass is 297 g/mol. The van der Waals surface area contributed by atoms with E-state index >= 15 is 0 Å². The molecular formula is C12H15N3O6. The maximum absolute atomic E-state index is 12.1. The zero-order chi connectivity index (χ0) is 15.4. The topological polar surface area (TPSA) is 111 Å². The van der Waals surface area contributed by atoms with Crippen molar-refractivity contribution in [2.45, 2.75) is 12.6 Å². The molecule has 0 radical (unpaired) electrons. The van der Waals surface area contributed by atoms with Crippen LogP contribution in [0, 0.1) is 0 Å². The van der Waals surface area contributed by atoms with Gasteiger partial charge in [-0.3, -0.25) is 19.5 Å². The zero-order valence-electron chi connectivity index (χ0n) is 11.4. The molecule has 1 atom stereocenters. The fourth-order valence-corrected chi connectivity index (χ4v) is 1.96. The summed E-state index contributed by atoms with van der Waals surface area (Å²) in [7, 11) is 1.24. The highest BCUT2D eigenvalue weighted by Crippen LogP contribution is 2.07. The van der Waals surface area contributed by atoms with Gasteiger partial charge in [0.2, 0.25) is 5.91 Å². The van der Waals surface area contributed by atoms with E-state index in [1.807, 2.05) is 0 Å². The van der Waals surface area contributed by atoms with Gasteiger partial charge in [0.15, 0.2) is 6.10 Å². The van der Waals surface area contributed by atoms with E-state index in [1.54, 1.807) is 0 Å². The summed E-state index contributed by atoms with van der Waals surface area (Å²) in [5, 5.41) is 2.27. The lowest BCUT2D eigenvalue weighted by Crippen LogP contribution is -2.50. The number of esters is 1. The number of amides is 1. The minimum Gasteiger partial charge on any atom is -0.467 e. The number of hydrogen-bond donors (Lipinski definition) is 1. The third kappa shape index (κ3) is 3.57. The van der Waals surface area contributed by atoms with Gasteiger partial charge in [0, 0.05) is 18.7 Å². The second kappa shape index (κ2) is 6.35. The maximum atomic E-state index is 12.1. The Labute approximate surface area is 119 Å². The van der Waals surface area contributed by atoms with Gasteiger partial charge >= 0.3 is 5.97 Å². The van der Waals surface area contributed by atoms with Crippen molar-refractivity contribution < 1.29 is 19.1 Å². The number of nitrogens with one attached hydrogen (secondary N) is 1. The Bertz CT molecular complexity index is 649. The molecule has 2 rings (SSSR count). The molecule has 9 heteroatoms.